The van der Waals surface area contributed by atoms with E-state index in [0.717, 1.165) is 10.6 Å². The number of hydrogen-bond donors (Lipinski definition) is 0. The quantitative estimate of drug-likeness (QED) is 0.584. The van der Waals surface area contributed by atoms with Gasteiger partial charge in [0.1, 0.15) is 5.75 Å². The summed E-state index contributed by atoms with van der Waals surface area (Å²) in [6.07, 6.45) is 0. The molecular weight excluding hydrogens is 300 g/mol. The molecular formula is C18H23ClOS. The van der Waals surface area contributed by atoms with E-state index in [-0.39, 0.29) is 5.38 Å². The van der Waals surface area contributed by atoms with Crippen LogP contribution < -0.4 is 4.74 Å². The molecule has 2 rings (SSSR count). The highest BCUT2D eigenvalue weighted by molar-refractivity contribution is 7.10. The number of alkyl halides is 1. The topological polar surface area (TPSA) is 9.23 Å². The van der Waals surface area contributed by atoms with Gasteiger partial charge in [-0.05, 0) is 34.6 Å². The van der Waals surface area contributed by atoms with Crippen LogP contribution in [-0.2, 0) is 0 Å². The van der Waals surface area contributed by atoms with Gasteiger partial charge in [-0.15, -0.1) is 22.9 Å². The lowest BCUT2D eigenvalue weighted by Gasteiger charge is -2.19. The van der Waals surface area contributed by atoms with Gasteiger partial charge in [-0.3, -0.25) is 0 Å². The summed E-state index contributed by atoms with van der Waals surface area (Å²) in [5.41, 5.74) is 3.92. The Labute approximate surface area is 136 Å². The van der Waals surface area contributed by atoms with Gasteiger partial charge in [0.05, 0.1) is 12.5 Å². The minimum atomic E-state index is -0.113. The Morgan fingerprint density at radius 2 is 1.71 bits per heavy atom. The van der Waals surface area contributed by atoms with E-state index in [2.05, 4.69) is 45.9 Å². The fourth-order valence-corrected chi connectivity index (χ4v) is 3.67. The van der Waals surface area contributed by atoms with Crippen LogP contribution in [-0.4, -0.2) is 7.11 Å². The lowest BCUT2D eigenvalue weighted by molar-refractivity contribution is 0.416. The Kier molecular flexibility index (Phi) is 5.34. The molecule has 1 aromatic carbocycles. The predicted molar refractivity (Wildman–Crippen MR) is 93.2 cm³/mol. The minimum absolute atomic E-state index is 0.113. The molecule has 0 saturated heterocycles. The third-order valence-electron chi connectivity index (χ3n) is 3.75. The second kappa shape index (κ2) is 6.85. The van der Waals surface area contributed by atoms with Crippen molar-refractivity contribution in [3.05, 3.63) is 51.2 Å². The molecule has 0 aliphatic rings. The summed E-state index contributed by atoms with van der Waals surface area (Å²) >= 11 is 8.39. The molecule has 0 aliphatic carbocycles. The SMILES string of the molecule is COc1csc(C(Cl)c2ccc(C(C)C)cc2C(C)C)c1. The summed E-state index contributed by atoms with van der Waals surface area (Å²) in [5, 5.41) is 1.89. The maximum Gasteiger partial charge on any atom is 0.129 e. The Hall–Kier alpha value is -0.990. The molecule has 0 radical (unpaired) electrons. The maximum absolute atomic E-state index is 6.74. The first-order chi connectivity index (χ1) is 9.93. The molecule has 1 nitrogen and oxygen atoms in total. The van der Waals surface area contributed by atoms with Crippen LogP contribution in [0.3, 0.4) is 0 Å². The number of rotatable bonds is 5. The molecule has 0 amide bonds. The van der Waals surface area contributed by atoms with Gasteiger partial charge in [0, 0.05) is 10.3 Å². The lowest BCUT2D eigenvalue weighted by atomic mass is 9.90. The summed E-state index contributed by atoms with van der Waals surface area (Å²) in [5.74, 6) is 1.87. The van der Waals surface area contributed by atoms with E-state index in [1.807, 2.05) is 11.4 Å². The number of hydrogen-bond acceptors (Lipinski definition) is 2. The third kappa shape index (κ3) is 3.61. The molecule has 1 heterocycles. The predicted octanol–water partition coefficient (Wildman–Crippen LogP) is 6.33. The molecule has 0 saturated carbocycles. The van der Waals surface area contributed by atoms with Crippen LogP contribution in [0.25, 0.3) is 0 Å². The molecule has 1 unspecified atom stereocenters. The van der Waals surface area contributed by atoms with Crippen molar-refractivity contribution in [2.75, 3.05) is 7.11 Å². The van der Waals surface area contributed by atoms with Gasteiger partial charge in [-0.2, -0.15) is 0 Å². The average molecular weight is 323 g/mol. The van der Waals surface area contributed by atoms with Gasteiger partial charge < -0.3 is 4.74 Å². The molecule has 2 aromatic rings. The molecule has 0 spiro atoms. The summed E-state index contributed by atoms with van der Waals surface area (Å²) in [4.78, 5) is 1.13. The van der Waals surface area contributed by atoms with E-state index in [1.54, 1.807) is 18.4 Å². The largest absolute Gasteiger partial charge is 0.496 e. The molecule has 114 valence electrons. The smallest absolute Gasteiger partial charge is 0.129 e. The van der Waals surface area contributed by atoms with Crippen molar-refractivity contribution < 1.29 is 4.74 Å². The molecule has 21 heavy (non-hydrogen) atoms. The molecule has 1 atom stereocenters. The molecule has 0 bridgehead atoms. The Bertz CT molecular complexity index is 601. The van der Waals surface area contributed by atoms with Crippen LogP contribution >= 0.6 is 22.9 Å². The highest BCUT2D eigenvalue weighted by Crippen LogP contribution is 2.39. The standard InChI is InChI=1S/C18H23ClOS/c1-11(2)13-6-7-15(16(8-13)12(3)4)18(19)17-9-14(20-5)10-21-17/h6-12,18H,1-5H3. The van der Waals surface area contributed by atoms with Crippen molar-refractivity contribution in [2.45, 2.75) is 44.9 Å². The fourth-order valence-electron chi connectivity index (χ4n) is 2.41. The number of ether oxygens (including phenoxy) is 1. The van der Waals surface area contributed by atoms with Crippen molar-refractivity contribution in [3.63, 3.8) is 0 Å². The van der Waals surface area contributed by atoms with Gasteiger partial charge in [-0.1, -0.05) is 45.9 Å². The maximum atomic E-state index is 6.74. The first-order valence-electron chi connectivity index (χ1n) is 7.34. The first-order valence-corrected chi connectivity index (χ1v) is 8.65. The second-order valence-electron chi connectivity index (χ2n) is 5.95. The van der Waals surface area contributed by atoms with E-state index in [1.165, 1.54) is 16.7 Å². The highest BCUT2D eigenvalue weighted by atomic mass is 35.5. The van der Waals surface area contributed by atoms with Gasteiger partial charge in [0.15, 0.2) is 0 Å². The molecule has 0 fully saturated rings. The number of methoxy groups -OCH3 is 1. The summed E-state index contributed by atoms with van der Waals surface area (Å²) in [6, 6.07) is 8.73. The van der Waals surface area contributed by atoms with Crippen molar-refractivity contribution in [2.24, 2.45) is 0 Å². The third-order valence-corrected chi connectivity index (χ3v) is 5.33. The number of benzene rings is 1. The Balaban J connectivity index is 2.42. The monoisotopic (exact) mass is 322 g/mol. The van der Waals surface area contributed by atoms with Gasteiger partial charge in [0.2, 0.25) is 0 Å². The zero-order chi connectivity index (χ0) is 15.6. The minimum Gasteiger partial charge on any atom is -0.496 e. The molecule has 3 heteroatoms. The average Bonchev–Trinajstić information content (AvgIpc) is 2.94. The second-order valence-corrected chi connectivity index (χ2v) is 7.33. The van der Waals surface area contributed by atoms with Gasteiger partial charge in [0.25, 0.3) is 0 Å². The van der Waals surface area contributed by atoms with Crippen LogP contribution in [0.2, 0.25) is 0 Å². The number of thiophene rings is 1. The van der Waals surface area contributed by atoms with Crippen LogP contribution in [0, 0.1) is 0 Å². The van der Waals surface area contributed by atoms with Crippen molar-refractivity contribution in [1.29, 1.82) is 0 Å². The van der Waals surface area contributed by atoms with E-state index in [9.17, 15) is 0 Å². The van der Waals surface area contributed by atoms with Crippen molar-refractivity contribution >= 4 is 22.9 Å². The van der Waals surface area contributed by atoms with Crippen LogP contribution in [0.15, 0.2) is 29.6 Å². The van der Waals surface area contributed by atoms with Gasteiger partial charge in [-0.25, -0.2) is 0 Å². The van der Waals surface area contributed by atoms with Crippen LogP contribution in [0.4, 0.5) is 0 Å². The normalized spacial score (nSPS) is 13.0. The van der Waals surface area contributed by atoms with Gasteiger partial charge >= 0.3 is 0 Å². The summed E-state index contributed by atoms with van der Waals surface area (Å²) < 4.78 is 5.26. The fraction of sp³-hybridized carbons (Fsp3) is 0.444. The highest BCUT2D eigenvalue weighted by Gasteiger charge is 2.19. The first kappa shape index (κ1) is 16.4. The van der Waals surface area contributed by atoms with Crippen LogP contribution in [0.1, 0.15) is 66.5 Å². The zero-order valence-corrected chi connectivity index (χ0v) is 14.9. The number of halogens is 1. The van der Waals surface area contributed by atoms with E-state index in [4.69, 9.17) is 16.3 Å². The molecule has 0 N–H and O–H groups in total. The van der Waals surface area contributed by atoms with Crippen molar-refractivity contribution in [3.8, 4) is 5.75 Å². The summed E-state index contributed by atoms with van der Waals surface area (Å²) in [7, 11) is 1.69. The van der Waals surface area contributed by atoms with E-state index in [0.29, 0.717) is 11.8 Å². The van der Waals surface area contributed by atoms with E-state index >= 15 is 0 Å². The Morgan fingerprint density at radius 3 is 2.24 bits per heavy atom. The lowest BCUT2D eigenvalue weighted by Crippen LogP contribution is -2.02. The van der Waals surface area contributed by atoms with Crippen LogP contribution in [0.5, 0.6) is 5.75 Å². The van der Waals surface area contributed by atoms with Crippen molar-refractivity contribution in [1.82, 2.24) is 0 Å². The summed E-state index contributed by atoms with van der Waals surface area (Å²) in [6.45, 7) is 8.89. The molecule has 1 aromatic heterocycles. The van der Waals surface area contributed by atoms with E-state index < -0.39 is 0 Å². The Morgan fingerprint density at radius 1 is 1.00 bits per heavy atom. The molecule has 0 aliphatic heterocycles. The zero-order valence-electron chi connectivity index (χ0n) is 13.3.